The number of nitrogen functional groups attached to an aromatic ring is 1. The first-order valence-electron chi connectivity index (χ1n) is 43.0. The number of carbonyl (C=O) groups is 2. The molecule has 0 aliphatic rings. The van der Waals surface area contributed by atoms with Crippen molar-refractivity contribution in [1.82, 2.24) is 68.4 Å². The van der Waals surface area contributed by atoms with Gasteiger partial charge in [-0.2, -0.15) is 0 Å². The van der Waals surface area contributed by atoms with Crippen molar-refractivity contribution in [2.45, 2.75) is 128 Å². The largest absolute Gasteiger partial charge is 0.497 e. The number of carbonyl (C=O) groups excluding carboxylic acids is 2. The highest BCUT2D eigenvalue weighted by Gasteiger charge is 2.19. The molecule has 20 aromatic rings. The van der Waals surface area contributed by atoms with E-state index in [4.69, 9.17) is 34.2 Å². The zero-order valence-electron chi connectivity index (χ0n) is 78.7. The zero-order valence-corrected chi connectivity index (χ0v) is 79.5. The Morgan fingerprint density at radius 3 is 1.81 bits per heavy atom. The molecule has 0 saturated heterocycles. The van der Waals surface area contributed by atoms with E-state index < -0.39 is 11.6 Å². The Morgan fingerprint density at radius 1 is 0.508 bits per heavy atom. The number of ether oxygens (including phenoxy) is 4. The van der Waals surface area contributed by atoms with E-state index in [1.165, 1.54) is 77.4 Å². The molecule has 0 amide bonds. The number of aliphatic hydroxyl groups is 1. The molecule has 132 heavy (non-hydrogen) atoms. The number of hydrogen-bond acceptors (Lipinski definition) is 19. The summed E-state index contributed by atoms with van der Waals surface area (Å²) in [7, 11) is 3.28. The topological polar surface area (TPSA) is 292 Å². The van der Waals surface area contributed by atoms with E-state index in [9.17, 15) is 9.59 Å². The smallest absolute Gasteiger partial charge is 0.418 e. The Balaban J connectivity index is 0.000000163. The number of para-hydroxylation sites is 2. The third-order valence-electron chi connectivity index (χ3n) is 19.3. The Labute approximate surface area is 776 Å². The third-order valence-corrected chi connectivity index (χ3v) is 19.9. The summed E-state index contributed by atoms with van der Waals surface area (Å²) in [6.45, 7) is 32.3. The van der Waals surface area contributed by atoms with E-state index in [-0.39, 0.29) is 18.5 Å². The molecule has 0 fully saturated rings. The van der Waals surface area contributed by atoms with Crippen LogP contribution in [0.2, 0.25) is 0 Å². The number of nitrogens with two attached hydrogens (primary N) is 1. The second-order valence-corrected chi connectivity index (χ2v) is 32.7. The number of aromatic amines is 2. The van der Waals surface area contributed by atoms with Crippen molar-refractivity contribution in [2.24, 2.45) is 0 Å². The van der Waals surface area contributed by atoms with Gasteiger partial charge in [0.15, 0.2) is 10.8 Å². The second-order valence-electron chi connectivity index (χ2n) is 31.9. The van der Waals surface area contributed by atoms with Gasteiger partial charge in [-0.1, -0.05) is 161 Å². The SMILES string of the molecule is CCOC(=O)c1cc2cc(C)ccc2o1.COc1ccc(C)cc1.COc1ccc(C)cn1.CSc1ncc(C)cn1.Cc1ccc(CCO)cc1.Cc1ccc2[nH]c3ccccc3c2c1.Cc1ccc2c(ccn2C(=O)OC(C)(C)C)c1.Cc1ccc2nc[nH]c2c1.Cc1ccc2nncn2c1.Cc1cccc(N)n1.Cc1cnc2ccccc2c1.Cc1cnc2ccccn12. The van der Waals surface area contributed by atoms with Gasteiger partial charge in [-0.15, -0.1) is 10.2 Å². The summed E-state index contributed by atoms with van der Waals surface area (Å²) in [5, 5.41) is 22.9. The lowest BCUT2D eigenvalue weighted by Crippen LogP contribution is -2.26. The number of nitrogens with one attached hydrogen (secondary N) is 2. The average Bonchev–Trinajstić information content (AvgIpc) is 1.65. The number of imidazole rings is 2. The van der Waals surface area contributed by atoms with Crippen LogP contribution in [-0.2, 0) is 15.9 Å². The summed E-state index contributed by atoms with van der Waals surface area (Å²) in [5.74, 6) is 2.02. The van der Waals surface area contributed by atoms with E-state index in [2.05, 4.69) is 179 Å². The van der Waals surface area contributed by atoms with Crippen LogP contribution in [0.25, 0.3) is 76.9 Å². The highest BCUT2D eigenvalue weighted by atomic mass is 32.2. The Kier molecular flexibility index (Phi) is 39.0. The molecule has 5 N–H and O–H groups in total. The predicted molar refractivity (Wildman–Crippen MR) is 538 cm³/mol. The number of aromatic nitrogens is 14. The number of aryl methyl sites for hydroxylation is 12. The summed E-state index contributed by atoms with van der Waals surface area (Å²) in [6, 6.07) is 82.3. The van der Waals surface area contributed by atoms with Gasteiger partial charge in [-0.05, 0) is 278 Å². The number of methoxy groups -OCH3 is 2. The van der Waals surface area contributed by atoms with Gasteiger partial charge in [0.25, 0.3) is 0 Å². The maximum Gasteiger partial charge on any atom is 0.418 e. The first-order chi connectivity index (χ1) is 63.5. The van der Waals surface area contributed by atoms with Gasteiger partial charge in [0.1, 0.15) is 34.7 Å². The molecule has 0 atom stereocenters. The van der Waals surface area contributed by atoms with E-state index >= 15 is 0 Å². The van der Waals surface area contributed by atoms with Gasteiger partial charge in [0.2, 0.25) is 11.6 Å². The number of nitrogens with zero attached hydrogens (tertiary/aromatic N) is 12. The Morgan fingerprint density at radius 2 is 1.14 bits per heavy atom. The van der Waals surface area contributed by atoms with E-state index in [0.29, 0.717) is 23.9 Å². The summed E-state index contributed by atoms with van der Waals surface area (Å²) in [4.78, 5) is 58.4. The molecular weight excluding hydrogens is 1670 g/mol. The molecule has 12 aromatic heterocycles. The second kappa shape index (κ2) is 51.2. The summed E-state index contributed by atoms with van der Waals surface area (Å²) in [6.07, 6.45) is 20.7. The number of pyridine rings is 5. The minimum Gasteiger partial charge on any atom is -0.497 e. The quantitative estimate of drug-likeness (QED) is 0.0655. The fourth-order valence-corrected chi connectivity index (χ4v) is 12.9. The minimum atomic E-state index is -0.474. The van der Waals surface area contributed by atoms with Crippen LogP contribution in [0, 0.1) is 83.1 Å². The Bertz CT molecular complexity index is 6740. The molecule has 0 spiro atoms. The van der Waals surface area contributed by atoms with Crippen LogP contribution in [0.5, 0.6) is 11.6 Å². The number of rotatable bonds is 7. The highest BCUT2D eigenvalue weighted by molar-refractivity contribution is 7.98. The van der Waals surface area contributed by atoms with Crippen LogP contribution in [0.4, 0.5) is 10.6 Å². The molecule has 8 aromatic carbocycles. The maximum absolute atomic E-state index is 12.0. The number of benzene rings is 8. The zero-order chi connectivity index (χ0) is 95.1. The standard InChI is InChI=1S/C14H17NO2.C13H11N.C12H12O3.C10H9N.C9H12O.2C8H8N2.C8H10O.C7H7N3.C7H9NO.C6H8N2S.C6H8N2/c1-10-5-6-12-11(9-10)7-8-15(12)13(16)17-14(2,3)4;1-9-6-7-13-11(8-9)10-4-2-3-5-12(10)14-13;1-3-14-12(13)11-7-9-6-8(2)4-5-10(9)15-11;1-8-6-9-4-2-3-5-10(9)11-7-8;1-8-2-4-9(5-3-8)6-7-10;1-6-2-3-7-8(4-6)10-5-9-7;1-7-6-9-8-4-2-3-5-10(7)8;1-7-3-5-8(9-2)6-4-7;1-6-2-3-7-9-8-5-10(7)4-6;1-6-3-4-7(9-2)8-5-6;1-5-3-7-6(9-2)8-4-5;1-5-3-2-4-6(7)8-5/h5-9H,1-4H3;2-8,14H,1H3;4-7H,3H2,1-2H3;2-7H,1H3;2-5,10H,6-7H2,1H3;2-5H,1H3,(H,9,10);2-6H,1H3;3-6H,1-2H3;2-5H,1H3;3-5H,1-2H3;3-4H,1-2H3;2-4H,1H3,(H2,7,8). The number of H-pyrrole nitrogens is 2. The van der Waals surface area contributed by atoms with Crippen LogP contribution in [0.15, 0.2) is 321 Å². The van der Waals surface area contributed by atoms with Gasteiger partial charge in [0.05, 0.1) is 49.2 Å². The number of esters is 1. The molecule has 24 heteroatoms. The molecule has 23 nitrogen and oxygen atoms in total. The van der Waals surface area contributed by atoms with E-state index in [0.717, 1.165) is 83.8 Å². The first-order valence-corrected chi connectivity index (χ1v) is 44.3. The van der Waals surface area contributed by atoms with Crippen molar-refractivity contribution in [1.29, 1.82) is 0 Å². The predicted octanol–water partition coefficient (Wildman–Crippen LogP) is 24.8. The molecule has 20 rings (SSSR count). The summed E-state index contributed by atoms with van der Waals surface area (Å²) >= 11 is 1.56. The average molecular weight is 1790 g/mol. The van der Waals surface area contributed by atoms with Crippen molar-refractivity contribution in [3.63, 3.8) is 0 Å². The Hall–Kier alpha value is -15.1. The van der Waals surface area contributed by atoms with Crippen LogP contribution in [-0.4, -0.2) is 125 Å². The first kappa shape index (κ1) is 101. The molecule has 0 saturated carbocycles. The van der Waals surface area contributed by atoms with E-state index in [1.54, 1.807) is 74.7 Å². The summed E-state index contributed by atoms with van der Waals surface area (Å²) < 4.78 is 30.9. The lowest BCUT2D eigenvalue weighted by molar-refractivity contribution is 0.0490. The maximum atomic E-state index is 12.0. The van der Waals surface area contributed by atoms with Gasteiger partial charge in [-0.25, -0.2) is 39.5 Å². The third kappa shape index (κ3) is 32.9. The summed E-state index contributed by atoms with van der Waals surface area (Å²) in [5.41, 5.74) is 29.5. The number of furan rings is 1. The number of hydrogen-bond donors (Lipinski definition) is 4. The van der Waals surface area contributed by atoms with Crippen molar-refractivity contribution < 1.29 is 38.1 Å². The van der Waals surface area contributed by atoms with Crippen LogP contribution >= 0.6 is 11.8 Å². The molecule has 12 heterocycles. The highest BCUT2D eigenvalue weighted by Crippen LogP contribution is 2.27. The van der Waals surface area contributed by atoms with Gasteiger partial charge >= 0.3 is 12.1 Å². The molecule has 0 aliphatic carbocycles. The normalized spacial score (nSPS) is 10.3. The number of fused-ring (bicyclic) bond motifs is 9. The van der Waals surface area contributed by atoms with Crippen molar-refractivity contribution in [2.75, 3.05) is 39.4 Å². The van der Waals surface area contributed by atoms with Crippen molar-refractivity contribution >= 4 is 107 Å². The monoisotopic (exact) mass is 1790 g/mol. The van der Waals surface area contributed by atoms with Crippen LogP contribution < -0.4 is 15.2 Å². The van der Waals surface area contributed by atoms with Gasteiger partial charge < -0.3 is 48.6 Å². The number of thioether (sulfide) groups is 1. The molecule has 0 radical (unpaired) electrons. The molecule has 0 aliphatic heterocycles. The fraction of sp³-hybridized carbons (Fsp3) is 0.213. The fourth-order valence-electron chi connectivity index (χ4n) is 12.6. The lowest BCUT2D eigenvalue weighted by atomic mass is 10.1. The lowest BCUT2D eigenvalue weighted by Gasteiger charge is -2.19. The molecular formula is C108H119N15O8S. The van der Waals surface area contributed by atoms with Crippen molar-refractivity contribution in [3.05, 3.63) is 389 Å². The van der Waals surface area contributed by atoms with Gasteiger partial charge in [0, 0.05) is 112 Å². The van der Waals surface area contributed by atoms with Crippen LogP contribution in [0.3, 0.4) is 0 Å². The van der Waals surface area contributed by atoms with E-state index in [1.807, 2.05) is 269 Å². The molecule has 0 unspecified atom stereocenters. The molecule has 0 bridgehead atoms. The minimum absolute atomic E-state index is 0.239. The van der Waals surface area contributed by atoms with Crippen LogP contribution in [0.1, 0.15) is 111 Å². The number of aliphatic hydroxyl groups excluding tert-OH is 1. The van der Waals surface area contributed by atoms with Crippen molar-refractivity contribution in [3.8, 4) is 11.6 Å². The van der Waals surface area contributed by atoms with Gasteiger partial charge in [-0.3, -0.25) is 14.0 Å². The number of anilines is 1. The molecule has 680 valence electrons.